The zero-order valence-corrected chi connectivity index (χ0v) is 10.9. The van der Waals surface area contributed by atoms with Crippen molar-refractivity contribution in [2.75, 3.05) is 0 Å². The lowest BCUT2D eigenvalue weighted by atomic mass is 10.1. The Balaban J connectivity index is 2.27. The third-order valence-corrected chi connectivity index (χ3v) is 3.02. The van der Waals surface area contributed by atoms with Gasteiger partial charge >= 0.3 is 0 Å². The Bertz CT molecular complexity index is 462. The number of aryl methyl sites for hydroxylation is 1. The third-order valence-electron chi connectivity index (χ3n) is 2.53. The minimum atomic E-state index is 1.08. The second-order valence-electron chi connectivity index (χ2n) is 3.83. The van der Waals surface area contributed by atoms with Crippen molar-refractivity contribution < 1.29 is 4.57 Å². The first-order valence-electron chi connectivity index (χ1n) is 5.54. The number of halogens is 1. The lowest BCUT2D eigenvalue weighted by Crippen LogP contribution is -2.31. The number of pyridine rings is 1. The van der Waals surface area contributed by atoms with Crippen LogP contribution in [0, 0.1) is 0 Å². The van der Waals surface area contributed by atoms with Crippen LogP contribution in [0.2, 0.25) is 0 Å². The van der Waals surface area contributed by atoms with Crippen molar-refractivity contribution in [3.8, 4) is 11.1 Å². The normalized spacial score (nSPS) is 10.4. The molecule has 0 spiro atoms. The van der Waals surface area contributed by atoms with Gasteiger partial charge in [0.1, 0.15) is 6.54 Å². The van der Waals surface area contributed by atoms with Crippen molar-refractivity contribution >= 4 is 15.9 Å². The minimum Gasteiger partial charge on any atom is -0.205 e. The maximum atomic E-state index is 3.49. The average molecular weight is 277 g/mol. The minimum absolute atomic E-state index is 1.08. The Hall–Kier alpha value is -1.15. The summed E-state index contributed by atoms with van der Waals surface area (Å²) in [6.45, 7) is 3.27. The van der Waals surface area contributed by atoms with Crippen LogP contribution in [0.3, 0.4) is 0 Å². The van der Waals surface area contributed by atoms with Crippen LogP contribution in [-0.2, 0) is 6.54 Å². The molecule has 0 aliphatic rings. The van der Waals surface area contributed by atoms with Gasteiger partial charge in [-0.15, -0.1) is 0 Å². The number of aromatic nitrogens is 1. The van der Waals surface area contributed by atoms with Gasteiger partial charge in [0, 0.05) is 23.0 Å². The highest BCUT2D eigenvalue weighted by atomic mass is 79.9. The molecular weight excluding hydrogens is 262 g/mol. The van der Waals surface area contributed by atoms with E-state index < -0.39 is 0 Å². The third kappa shape index (κ3) is 2.70. The van der Waals surface area contributed by atoms with Gasteiger partial charge in [-0.3, -0.25) is 0 Å². The van der Waals surface area contributed by atoms with Gasteiger partial charge in [0.15, 0.2) is 12.4 Å². The summed E-state index contributed by atoms with van der Waals surface area (Å²) in [6, 6.07) is 12.7. The number of hydrogen-bond acceptors (Lipinski definition) is 0. The summed E-state index contributed by atoms with van der Waals surface area (Å²) in [5.41, 5.74) is 2.51. The summed E-state index contributed by atoms with van der Waals surface area (Å²) < 4.78 is 3.33. The van der Waals surface area contributed by atoms with E-state index in [4.69, 9.17) is 0 Å². The molecule has 1 heterocycles. The van der Waals surface area contributed by atoms with E-state index in [0.717, 1.165) is 11.0 Å². The second kappa shape index (κ2) is 5.26. The van der Waals surface area contributed by atoms with E-state index in [0.29, 0.717) is 0 Å². The summed E-state index contributed by atoms with van der Waals surface area (Å²) in [4.78, 5) is 0. The molecule has 0 saturated carbocycles. The number of rotatable bonds is 3. The number of hydrogen-bond donors (Lipinski definition) is 0. The van der Waals surface area contributed by atoms with Crippen LogP contribution in [0.1, 0.15) is 13.3 Å². The summed E-state index contributed by atoms with van der Waals surface area (Å²) in [5, 5.41) is 0. The molecule has 82 valence electrons. The Morgan fingerprint density at radius 1 is 1.06 bits per heavy atom. The molecular formula is C14H15BrN+. The molecule has 0 bridgehead atoms. The van der Waals surface area contributed by atoms with Crippen LogP contribution in [0.5, 0.6) is 0 Å². The highest BCUT2D eigenvalue weighted by Crippen LogP contribution is 2.21. The molecule has 0 aliphatic carbocycles. The number of benzene rings is 1. The van der Waals surface area contributed by atoms with Gasteiger partial charge in [0.25, 0.3) is 0 Å². The molecule has 1 aromatic heterocycles. The second-order valence-corrected chi connectivity index (χ2v) is 4.75. The summed E-state index contributed by atoms with van der Waals surface area (Å²) >= 11 is 3.49. The lowest BCUT2D eigenvalue weighted by Gasteiger charge is -2.01. The first-order valence-corrected chi connectivity index (χ1v) is 6.34. The Labute approximate surface area is 105 Å². The quantitative estimate of drug-likeness (QED) is 0.751. The molecule has 0 fully saturated rings. The molecule has 1 aromatic carbocycles. The molecule has 2 aromatic rings. The standard InChI is InChI=1S/C14H15BrN/c1-2-8-16-9-6-12(7-10-16)13-4-3-5-14(15)11-13/h3-7,9-11H,2,8H2,1H3/q+1. The van der Waals surface area contributed by atoms with E-state index in [1.807, 2.05) is 6.07 Å². The largest absolute Gasteiger partial charge is 0.205 e. The Morgan fingerprint density at radius 3 is 2.44 bits per heavy atom. The monoisotopic (exact) mass is 276 g/mol. The lowest BCUT2D eigenvalue weighted by molar-refractivity contribution is -0.696. The predicted molar refractivity (Wildman–Crippen MR) is 70.1 cm³/mol. The maximum Gasteiger partial charge on any atom is 0.169 e. The van der Waals surface area contributed by atoms with E-state index in [2.05, 4.69) is 70.1 Å². The molecule has 0 atom stereocenters. The molecule has 16 heavy (non-hydrogen) atoms. The fraction of sp³-hybridized carbons (Fsp3) is 0.214. The molecule has 0 unspecified atom stereocenters. The zero-order chi connectivity index (χ0) is 11.4. The van der Waals surface area contributed by atoms with Crippen LogP contribution >= 0.6 is 15.9 Å². The molecule has 0 radical (unpaired) electrons. The van der Waals surface area contributed by atoms with Gasteiger partial charge in [0.2, 0.25) is 0 Å². The number of nitrogens with zero attached hydrogens (tertiary/aromatic N) is 1. The van der Waals surface area contributed by atoms with Gasteiger partial charge in [-0.2, -0.15) is 0 Å². The highest BCUT2D eigenvalue weighted by Gasteiger charge is 2.01. The van der Waals surface area contributed by atoms with E-state index in [9.17, 15) is 0 Å². The van der Waals surface area contributed by atoms with Crippen LogP contribution in [0.15, 0.2) is 53.3 Å². The van der Waals surface area contributed by atoms with Crippen molar-refractivity contribution in [1.29, 1.82) is 0 Å². The van der Waals surface area contributed by atoms with Crippen molar-refractivity contribution in [1.82, 2.24) is 0 Å². The zero-order valence-electron chi connectivity index (χ0n) is 9.36. The topological polar surface area (TPSA) is 3.88 Å². The maximum absolute atomic E-state index is 3.49. The molecule has 2 heteroatoms. The summed E-state index contributed by atoms with van der Waals surface area (Å²) in [5.74, 6) is 0. The van der Waals surface area contributed by atoms with Gasteiger partial charge in [-0.25, -0.2) is 4.57 Å². The van der Waals surface area contributed by atoms with Crippen LogP contribution in [0.4, 0.5) is 0 Å². The molecule has 0 saturated heterocycles. The first-order chi connectivity index (χ1) is 7.79. The predicted octanol–water partition coefficient (Wildman–Crippen LogP) is 3.81. The van der Waals surface area contributed by atoms with Crippen molar-refractivity contribution in [2.24, 2.45) is 0 Å². The smallest absolute Gasteiger partial charge is 0.169 e. The fourth-order valence-corrected chi connectivity index (χ4v) is 2.12. The van der Waals surface area contributed by atoms with E-state index in [1.165, 1.54) is 17.5 Å². The summed E-state index contributed by atoms with van der Waals surface area (Å²) in [7, 11) is 0. The Morgan fingerprint density at radius 2 is 1.81 bits per heavy atom. The molecule has 0 amide bonds. The van der Waals surface area contributed by atoms with E-state index in [1.54, 1.807) is 0 Å². The molecule has 0 aliphatic heterocycles. The molecule has 2 rings (SSSR count). The van der Waals surface area contributed by atoms with Gasteiger partial charge < -0.3 is 0 Å². The van der Waals surface area contributed by atoms with E-state index in [-0.39, 0.29) is 0 Å². The molecule has 1 nitrogen and oxygen atoms in total. The SMILES string of the molecule is CCC[n+]1ccc(-c2cccc(Br)c2)cc1. The van der Waals surface area contributed by atoms with Crippen LogP contribution in [0.25, 0.3) is 11.1 Å². The molecule has 0 N–H and O–H groups in total. The van der Waals surface area contributed by atoms with Crippen molar-refractivity contribution in [2.45, 2.75) is 19.9 Å². The van der Waals surface area contributed by atoms with Crippen LogP contribution < -0.4 is 4.57 Å². The Kier molecular flexibility index (Phi) is 3.73. The van der Waals surface area contributed by atoms with Crippen molar-refractivity contribution in [3.63, 3.8) is 0 Å². The van der Waals surface area contributed by atoms with Crippen molar-refractivity contribution in [3.05, 3.63) is 53.3 Å². The fourth-order valence-electron chi connectivity index (χ4n) is 1.73. The van der Waals surface area contributed by atoms with Gasteiger partial charge in [-0.1, -0.05) is 35.0 Å². The summed E-state index contributed by atoms with van der Waals surface area (Å²) in [6.07, 6.45) is 5.44. The van der Waals surface area contributed by atoms with E-state index >= 15 is 0 Å². The van der Waals surface area contributed by atoms with Crippen LogP contribution in [-0.4, -0.2) is 0 Å². The van der Waals surface area contributed by atoms with Gasteiger partial charge in [-0.05, 0) is 23.3 Å². The first kappa shape index (κ1) is 11.3. The highest BCUT2D eigenvalue weighted by molar-refractivity contribution is 9.10. The average Bonchev–Trinajstić information content (AvgIpc) is 2.30. The van der Waals surface area contributed by atoms with Gasteiger partial charge in [0.05, 0.1) is 0 Å².